The second kappa shape index (κ2) is 8.14. The van der Waals surface area contributed by atoms with Crippen LogP contribution in [-0.4, -0.2) is 53.9 Å². The molecule has 29 heavy (non-hydrogen) atoms. The van der Waals surface area contributed by atoms with Crippen LogP contribution in [0.1, 0.15) is 30.3 Å². The van der Waals surface area contributed by atoms with E-state index in [1.807, 2.05) is 4.90 Å². The monoisotopic (exact) mass is 397 g/mol. The molecule has 1 aromatic heterocycles. The van der Waals surface area contributed by atoms with Gasteiger partial charge in [-0.3, -0.25) is 9.59 Å². The maximum atomic E-state index is 12.6. The van der Waals surface area contributed by atoms with E-state index >= 15 is 0 Å². The highest BCUT2D eigenvalue weighted by Crippen LogP contribution is 2.32. The van der Waals surface area contributed by atoms with Crippen LogP contribution < -0.4 is 15.5 Å². The van der Waals surface area contributed by atoms with E-state index in [1.165, 1.54) is 6.92 Å². The molecular weight excluding hydrogens is 374 g/mol. The van der Waals surface area contributed by atoms with Crippen LogP contribution in [0.5, 0.6) is 0 Å². The van der Waals surface area contributed by atoms with Crippen molar-refractivity contribution in [1.29, 1.82) is 0 Å². The predicted molar refractivity (Wildman–Crippen MR) is 107 cm³/mol. The maximum absolute atomic E-state index is 12.6. The van der Waals surface area contributed by atoms with E-state index in [4.69, 9.17) is 9.47 Å². The van der Waals surface area contributed by atoms with Gasteiger partial charge in [-0.1, -0.05) is 0 Å². The van der Waals surface area contributed by atoms with E-state index < -0.39 is 5.79 Å². The van der Waals surface area contributed by atoms with E-state index in [-0.39, 0.29) is 17.5 Å². The SMILES string of the molecule is CC(=O)Nc1ccc(NC(=O)c2ccnc(N3CCC4(CC3)OCCO4)n2)cc1. The van der Waals surface area contributed by atoms with Gasteiger partial charge in [0.05, 0.1) is 13.2 Å². The Bertz CT molecular complexity index is 886. The van der Waals surface area contributed by atoms with Gasteiger partial charge in [0.2, 0.25) is 11.9 Å². The number of carbonyl (C=O) groups excluding carboxylic acids is 2. The molecule has 2 aliphatic rings. The molecule has 2 fully saturated rings. The summed E-state index contributed by atoms with van der Waals surface area (Å²) in [6.07, 6.45) is 3.07. The summed E-state index contributed by atoms with van der Waals surface area (Å²) in [5.41, 5.74) is 1.56. The van der Waals surface area contributed by atoms with Crippen molar-refractivity contribution in [2.24, 2.45) is 0 Å². The summed E-state index contributed by atoms with van der Waals surface area (Å²) in [5, 5.41) is 5.49. The molecule has 2 aliphatic heterocycles. The minimum Gasteiger partial charge on any atom is -0.347 e. The maximum Gasteiger partial charge on any atom is 0.274 e. The number of hydrogen-bond acceptors (Lipinski definition) is 7. The van der Waals surface area contributed by atoms with E-state index in [1.54, 1.807) is 36.5 Å². The molecule has 2 amide bonds. The van der Waals surface area contributed by atoms with Gasteiger partial charge in [0, 0.05) is 50.4 Å². The Morgan fingerprint density at radius 1 is 1.00 bits per heavy atom. The summed E-state index contributed by atoms with van der Waals surface area (Å²) in [7, 11) is 0. The number of carbonyl (C=O) groups is 2. The third-order valence-corrected chi connectivity index (χ3v) is 4.96. The fourth-order valence-electron chi connectivity index (χ4n) is 3.50. The first-order valence-electron chi connectivity index (χ1n) is 9.58. The molecule has 3 heterocycles. The summed E-state index contributed by atoms with van der Waals surface area (Å²) in [5.74, 6) is -0.414. The van der Waals surface area contributed by atoms with Crippen molar-refractivity contribution in [3.05, 3.63) is 42.2 Å². The molecule has 2 aromatic rings. The number of ether oxygens (including phenoxy) is 2. The molecule has 4 rings (SSSR count). The first-order valence-corrected chi connectivity index (χ1v) is 9.58. The zero-order valence-corrected chi connectivity index (χ0v) is 16.2. The molecule has 1 spiro atoms. The van der Waals surface area contributed by atoms with Crippen LogP contribution in [0.25, 0.3) is 0 Å². The van der Waals surface area contributed by atoms with Crippen LogP contribution in [0.2, 0.25) is 0 Å². The molecule has 9 heteroatoms. The quantitative estimate of drug-likeness (QED) is 0.813. The van der Waals surface area contributed by atoms with Crippen LogP contribution in [0.4, 0.5) is 17.3 Å². The van der Waals surface area contributed by atoms with Crippen LogP contribution in [0.15, 0.2) is 36.5 Å². The number of benzene rings is 1. The second-order valence-electron chi connectivity index (χ2n) is 7.05. The number of aromatic nitrogens is 2. The number of anilines is 3. The van der Waals surface area contributed by atoms with Gasteiger partial charge in [-0.05, 0) is 30.3 Å². The van der Waals surface area contributed by atoms with E-state index in [2.05, 4.69) is 20.6 Å². The summed E-state index contributed by atoms with van der Waals surface area (Å²) in [6, 6.07) is 8.46. The average Bonchev–Trinajstić information content (AvgIpc) is 3.18. The molecular formula is C20H23N5O4. The molecule has 152 valence electrons. The van der Waals surface area contributed by atoms with Crippen LogP contribution in [0.3, 0.4) is 0 Å². The molecule has 0 radical (unpaired) electrons. The topological polar surface area (TPSA) is 106 Å². The van der Waals surface area contributed by atoms with Crippen LogP contribution >= 0.6 is 0 Å². The molecule has 0 aliphatic carbocycles. The number of rotatable bonds is 4. The third kappa shape index (κ3) is 4.52. The van der Waals surface area contributed by atoms with Crippen molar-refractivity contribution in [2.45, 2.75) is 25.6 Å². The van der Waals surface area contributed by atoms with Crippen LogP contribution in [0, 0.1) is 0 Å². The fraction of sp³-hybridized carbons (Fsp3) is 0.400. The first kappa shape index (κ1) is 19.3. The van der Waals surface area contributed by atoms with Crippen molar-refractivity contribution < 1.29 is 19.1 Å². The lowest BCUT2D eigenvalue weighted by Crippen LogP contribution is -2.45. The van der Waals surface area contributed by atoms with E-state index in [0.717, 1.165) is 12.8 Å². The second-order valence-corrected chi connectivity index (χ2v) is 7.05. The first-order chi connectivity index (χ1) is 14.0. The molecule has 0 unspecified atom stereocenters. The van der Waals surface area contributed by atoms with E-state index in [0.29, 0.717) is 43.6 Å². The van der Waals surface area contributed by atoms with Crippen molar-refractivity contribution in [1.82, 2.24) is 9.97 Å². The Kier molecular flexibility index (Phi) is 5.41. The number of piperidine rings is 1. The lowest BCUT2D eigenvalue weighted by molar-refractivity contribution is -0.169. The fourth-order valence-corrected chi connectivity index (χ4v) is 3.50. The highest BCUT2D eigenvalue weighted by atomic mass is 16.7. The van der Waals surface area contributed by atoms with Gasteiger partial charge in [-0.15, -0.1) is 0 Å². The summed E-state index contributed by atoms with van der Waals surface area (Å²) in [4.78, 5) is 34.5. The minimum absolute atomic E-state index is 0.148. The average molecular weight is 397 g/mol. The summed E-state index contributed by atoms with van der Waals surface area (Å²) in [6.45, 7) is 4.12. The summed E-state index contributed by atoms with van der Waals surface area (Å²) >= 11 is 0. The van der Waals surface area contributed by atoms with Gasteiger partial charge in [-0.2, -0.15) is 0 Å². The van der Waals surface area contributed by atoms with Crippen molar-refractivity contribution >= 4 is 29.1 Å². The van der Waals surface area contributed by atoms with Crippen molar-refractivity contribution in [2.75, 3.05) is 41.8 Å². The number of nitrogens with zero attached hydrogens (tertiary/aromatic N) is 3. The molecule has 9 nitrogen and oxygen atoms in total. The third-order valence-electron chi connectivity index (χ3n) is 4.96. The number of hydrogen-bond donors (Lipinski definition) is 2. The molecule has 0 atom stereocenters. The molecule has 0 bridgehead atoms. The highest BCUT2D eigenvalue weighted by Gasteiger charge is 2.40. The Labute approximate surface area is 168 Å². The number of nitrogens with one attached hydrogen (secondary N) is 2. The molecule has 2 N–H and O–H groups in total. The van der Waals surface area contributed by atoms with Gasteiger partial charge in [-0.25, -0.2) is 9.97 Å². The number of amides is 2. The standard InChI is InChI=1S/C20H23N5O4/c1-14(26)22-15-2-4-16(5-3-15)23-18(27)17-6-9-21-19(24-17)25-10-7-20(8-11-25)28-12-13-29-20/h2-6,9H,7-8,10-13H2,1H3,(H,22,26)(H,23,27). The Hall–Kier alpha value is -3.04. The van der Waals surface area contributed by atoms with Gasteiger partial charge in [0.15, 0.2) is 5.79 Å². The normalized spacial score (nSPS) is 17.9. The van der Waals surface area contributed by atoms with Gasteiger partial charge in [0.1, 0.15) is 5.69 Å². The van der Waals surface area contributed by atoms with Crippen molar-refractivity contribution in [3.63, 3.8) is 0 Å². The smallest absolute Gasteiger partial charge is 0.274 e. The van der Waals surface area contributed by atoms with Crippen LogP contribution in [-0.2, 0) is 14.3 Å². The predicted octanol–water partition coefficient (Wildman–Crippen LogP) is 2.03. The Balaban J connectivity index is 1.39. The molecule has 2 saturated heterocycles. The summed E-state index contributed by atoms with van der Waals surface area (Å²) < 4.78 is 11.5. The van der Waals surface area contributed by atoms with Crippen molar-refractivity contribution in [3.8, 4) is 0 Å². The largest absolute Gasteiger partial charge is 0.347 e. The zero-order chi connectivity index (χ0) is 20.3. The van der Waals surface area contributed by atoms with E-state index in [9.17, 15) is 9.59 Å². The Morgan fingerprint density at radius 2 is 1.62 bits per heavy atom. The van der Waals surface area contributed by atoms with Gasteiger partial charge >= 0.3 is 0 Å². The minimum atomic E-state index is -0.463. The highest BCUT2D eigenvalue weighted by molar-refractivity contribution is 6.03. The van der Waals surface area contributed by atoms with Gasteiger partial charge in [0.25, 0.3) is 5.91 Å². The molecule has 1 aromatic carbocycles. The molecule has 0 saturated carbocycles. The lowest BCUT2D eigenvalue weighted by Gasteiger charge is -2.37. The zero-order valence-electron chi connectivity index (χ0n) is 16.2. The Morgan fingerprint density at radius 3 is 2.24 bits per heavy atom. The lowest BCUT2D eigenvalue weighted by atomic mass is 10.0. The van der Waals surface area contributed by atoms with Gasteiger partial charge < -0.3 is 25.0 Å².